The van der Waals surface area contributed by atoms with Crippen LogP contribution >= 0.6 is 0 Å². The number of imidazole rings is 1. The topological polar surface area (TPSA) is 34.4 Å². The highest BCUT2D eigenvalue weighted by Crippen LogP contribution is 2.16. The van der Waals surface area contributed by atoms with Crippen LogP contribution in [0, 0.1) is 12.7 Å². The minimum atomic E-state index is -0.258. The molecule has 100 valence electrons. The van der Waals surface area contributed by atoms with Gasteiger partial charge in [-0.15, -0.1) is 0 Å². The normalized spacial score (nSPS) is 10.9. The van der Waals surface area contributed by atoms with Crippen LogP contribution in [0.5, 0.6) is 0 Å². The number of halogens is 1. The van der Waals surface area contributed by atoms with Crippen molar-refractivity contribution in [1.29, 1.82) is 0 Å². The number of aryl methyl sites for hydroxylation is 1. The van der Waals surface area contributed by atoms with Gasteiger partial charge < -0.3 is 4.40 Å². The number of aromatic nitrogens is 2. The van der Waals surface area contributed by atoms with E-state index in [0.29, 0.717) is 12.1 Å². The largest absolute Gasteiger partial charge is 0.303 e. The molecule has 0 amide bonds. The Morgan fingerprint density at radius 2 is 2.00 bits per heavy atom. The Morgan fingerprint density at radius 3 is 2.70 bits per heavy atom. The van der Waals surface area contributed by atoms with Gasteiger partial charge in [0.25, 0.3) is 0 Å². The summed E-state index contributed by atoms with van der Waals surface area (Å²) >= 11 is 0. The maximum atomic E-state index is 12.9. The van der Waals surface area contributed by atoms with Gasteiger partial charge in [0, 0.05) is 12.6 Å². The number of fused-ring (bicyclic) bond motifs is 1. The molecule has 0 atom stereocenters. The van der Waals surface area contributed by atoms with E-state index in [9.17, 15) is 9.18 Å². The minimum Gasteiger partial charge on any atom is -0.303 e. The number of nitrogens with zero attached hydrogens (tertiary/aromatic N) is 2. The summed E-state index contributed by atoms with van der Waals surface area (Å²) in [5.41, 5.74) is 3.27. The van der Waals surface area contributed by atoms with Gasteiger partial charge in [-0.3, -0.25) is 4.79 Å². The SMILES string of the molecule is Cc1ccn2c(Cc3ccc(F)cc3)nc(C=O)c2c1. The molecule has 3 nitrogen and oxygen atoms in total. The number of hydrogen-bond donors (Lipinski definition) is 0. The third-order valence-corrected chi connectivity index (χ3v) is 3.29. The zero-order chi connectivity index (χ0) is 14.1. The molecule has 0 aliphatic carbocycles. The van der Waals surface area contributed by atoms with Crippen molar-refractivity contribution in [1.82, 2.24) is 9.38 Å². The van der Waals surface area contributed by atoms with Crippen LogP contribution in [0.15, 0.2) is 42.6 Å². The lowest BCUT2D eigenvalue weighted by atomic mass is 10.1. The molecule has 2 aromatic heterocycles. The number of hydrogen-bond acceptors (Lipinski definition) is 2. The number of aldehydes is 1. The van der Waals surface area contributed by atoms with Crippen molar-refractivity contribution in [3.8, 4) is 0 Å². The number of carbonyl (C=O) groups excluding carboxylic acids is 1. The molecule has 4 heteroatoms. The maximum Gasteiger partial charge on any atom is 0.170 e. The lowest BCUT2D eigenvalue weighted by Gasteiger charge is -2.02. The highest BCUT2D eigenvalue weighted by molar-refractivity contribution is 5.84. The van der Waals surface area contributed by atoms with Crippen LogP contribution in [0.3, 0.4) is 0 Å². The molecule has 0 bridgehead atoms. The lowest BCUT2D eigenvalue weighted by molar-refractivity contribution is 0.112. The van der Waals surface area contributed by atoms with Gasteiger partial charge >= 0.3 is 0 Å². The van der Waals surface area contributed by atoms with E-state index in [-0.39, 0.29) is 5.82 Å². The van der Waals surface area contributed by atoms with Gasteiger partial charge in [-0.2, -0.15) is 0 Å². The van der Waals surface area contributed by atoms with Crippen LogP contribution in [0.2, 0.25) is 0 Å². The molecule has 20 heavy (non-hydrogen) atoms. The van der Waals surface area contributed by atoms with Crippen molar-refractivity contribution in [3.05, 3.63) is 71.1 Å². The molecular weight excluding hydrogens is 255 g/mol. The molecular formula is C16H13FN2O. The number of benzene rings is 1. The summed E-state index contributed by atoms with van der Waals surface area (Å²) in [6.07, 6.45) is 3.23. The molecule has 0 saturated carbocycles. The van der Waals surface area contributed by atoms with E-state index in [4.69, 9.17) is 0 Å². The monoisotopic (exact) mass is 268 g/mol. The molecule has 2 heterocycles. The Labute approximate surface area is 115 Å². The Balaban J connectivity index is 2.07. The van der Waals surface area contributed by atoms with E-state index in [1.54, 1.807) is 12.1 Å². The summed E-state index contributed by atoms with van der Waals surface area (Å²) in [7, 11) is 0. The summed E-state index contributed by atoms with van der Waals surface area (Å²) in [5.74, 6) is 0.514. The Kier molecular flexibility index (Phi) is 3.06. The minimum absolute atomic E-state index is 0.258. The fourth-order valence-corrected chi connectivity index (χ4v) is 2.27. The Morgan fingerprint density at radius 1 is 1.25 bits per heavy atom. The second-order valence-electron chi connectivity index (χ2n) is 4.79. The summed E-state index contributed by atoms with van der Waals surface area (Å²) < 4.78 is 14.8. The van der Waals surface area contributed by atoms with E-state index in [1.807, 2.05) is 29.7 Å². The quantitative estimate of drug-likeness (QED) is 0.684. The summed E-state index contributed by atoms with van der Waals surface area (Å²) in [5, 5.41) is 0. The van der Waals surface area contributed by atoms with Gasteiger partial charge in [0.2, 0.25) is 0 Å². The molecule has 0 radical (unpaired) electrons. The van der Waals surface area contributed by atoms with Gasteiger partial charge in [0.1, 0.15) is 17.3 Å². The molecule has 1 aromatic carbocycles. The fourth-order valence-electron chi connectivity index (χ4n) is 2.27. The van der Waals surface area contributed by atoms with Crippen LogP contribution in [0.25, 0.3) is 5.52 Å². The standard InChI is InChI=1S/C16H13FN2O/c1-11-6-7-19-15(8-11)14(10-20)18-16(19)9-12-2-4-13(17)5-3-12/h2-8,10H,9H2,1H3. The fraction of sp³-hybridized carbons (Fsp3) is 0.125. The third-order valence-electron chi connectivity index (χ3n) is 3.29. The van der Waals surface area contributed by atoms with E-state index in [0.717, 1.165) is 28.8 Å². The molecule has 0 aliphatic rings. The molecule has 0 fully saturated rings. The van der Waals surface area contributed by atoms with E-state index >= 15 is 0 Å². The predicted octanol–water partition coefficient (Wildman–Crippen LogP) is 3.19. The first kappa shape index (κ1) is 12.5. The molecule has 0 N–H and O–H groups in total. The van der Waals surface area contributed by atoms with Gasteiger partial charge in [-0.05, 0) is 42.3 Å². The van der Waals surface area contributed by atoms with Crippen molar-refractivity contribution >= 4 is 11.8 Å². The van der Waals surface area contributed by atoms with Crippen molar-refractivity contribution in [2.24, 2.45) is 0 Å². The molecule has 3 aromatic rings. The molecule has 0 spiro atoms. The molecule has 0 saturated heterocycles. The summed E-state index contributed by atoms with van der Waals surface area (Å²) in [6.45, 7) is 1.97. The second kappa shape index (κ2) is 4.89. The zero-order valence-corrected chi connectivity index (χ0v) is 11.0. The summed E-state index contributed by atoms with van der Waals surface area (Å²) in [4.78, 5) is 15.5. The highest BCUT2D eigenvalue weighted by atomic mass is 19.1. The maximum absolute atomic E-state index is 12.9. The van der Waals surface area contributed by atoms with Crippen molar-refractivity contribution < 1.29 is 9.18 Å². The van der Waals surface area contributed by atoms with Crippen LogP contribution in [0.1, 0.15) is 27.4 Å². The van der Waals surface area contributed by atoms with Crippen LogP contribution < -0.4 is 0 Å². The Bertz CT molecular complexity index is 775. The average molecular weight is 268 g/mol. The number of pyridine rings is 1. The van der Waals surface area contributed by atoms with Crippen molar-refractivity contribution in [3.63, 3.8) is 0 Å². The molecule has 3 rings (SSSR count). The van der Waals surface area contributed by atoms with Gasteiger partial charge in [0.15, 0.2) is 6.29 Å². The lowest BCUT2D eigenvalue weighted by Crippen LogP contribution is -1.96. The first-order valence-corrected chi connectivity index (χ1v) is 6.34. The van der Waals surface area contributed by atoms with Crippen LogP contribution in [-0.4, -0.2) is 15.7 Å². The number of carbonyl (C=O) groups is 1. The molecule has 0 unspecified atom stereocenters. The van der Waals surface area contributed by atoms with E-state index in [2.05, 4.69) is 4.98 Å². The zero-order valence-electron chi connectivity index (χ0n) is 11.0. The van der Waals surface area contributed by atoms with Crippen molar-refractivity contribution in [2.45, 2.75) is 13.3 Å². The average Bonchev–Trinajstić information content (AvgIpc) is 2.78. The summed E-state index contributed by atoms with van der Waals surface area (Å²) in [6, 6.07) is 10.2. The third kappa shape index (κ3) is 2.20. The van der Waals surface area contributed by atoms with Gasteiger partial charge in [-0.1, -0.05) is 12.1 Å². The first-order valence-electron chi connectivity index (χ1n) is 6.34. The Hall–Kier alpha value is -2.49. The smallest absolute Gasteiger partial charge is 0.170 e. The number of rotatable bonds is 3. The van der Waals surface area contributed by atoms with Crippen LogP contribution in [0.4, 0.5) is 4.39 Å². The highest BCUT2D eigenvalue weighted by Gasteiger charge is 2.11. The van der Waals surface area contributed by atoms with Gasteiger partial charge in [-0.25, -0.2) is 9.37 Å². The van der Waals surface area contributed by atoms with Crippen molar-refractivity contribution in [2.75, 3.05) is 0 Å². The second-order valence-corrected chi connectivity index (χ2v) is 4.79. The van der Waals surface area contributed by atoms with Crippen LogP contribution in [-0.2, 0) is 6.42 Å². The first-order chi connectivity index (χ1) is 9.67. The van der Waals surface area contributed by atoms with E-state index in [1.165, 1.54) is 12.1 Å². The van der Waals surface area contributed by atoms with Gasteiger partial charge in [0.05, 0.1) is 5.52 Å². The predicted molar refractivity (Wildman–Crippen MR) is 74.5 cm³/mol. The molecule has 0 aliphatic heterocycles. The van der Waals surface area contributed by atoms with E-state index < -0.39 is 0 Å².